The highest BCUT2D eigenvalue weighted by atomic mass is 32.1. The van der Waals surface area contributed by atoms with Gasteiger partial charge in [0.1, 0.15) is 10.6 Å². The SMILES string of the molecule is COc1ccsc1-c1nnc(CCC(=O)O)o1. The topological polar surface area (TPSA) is 85.5 Å². The van der Waals surface area contributed by atoms with Crippen molar-refractivity contribution in [3.8, 4) is 16.5 Å². The molecule has 0 amide bonds. The van der Waals surface area contributed by atoms with Gasteiger partial charge in [-0.15, -0.1) is 21.5 Å². The van der Waals surface area contributed by atoms with E-state index in [1.54, 1.807) is 13.2 Å². The van der Waals surface area contributed by atoms with Gasteiger partial charge in [-0.3, -0.25) is 4.79 Å². The van der Waals surface area contributed by atoms with E-state index in [1.165, 1.54) is 11.3 Å². The van der Waals surface area contributed by atoms with Crippen molar-refractivity contribution in [3.05, 3.63) is 17.3 Å². The molecule has 17 heavy (non-hydrogen) atoms. The summed E-state index contributed by atoms with van der Waals surface area (Å²) in [6.45, 7) is 0. The van der Waals surface area contributed by atoms with E-state index in [-0.39, 0.29) is 12.8 Å². The van der Waals surface area contributed by atoms with E-state index in [4.69, 9.17) is 14.3 Å². The molecule has 0 radical (unpaired) electrons. The zero-order valence-corrected chi connectivity index (χ0v) is 9.86. The van der Waals surface area contributed by atoms with E-state index >= 15 is 0 Å². The first kappa shape index (κ1) is 11.6. The van der Waals surface area contributed by atoms with Crippen LogP contribution in [0, 0.1) is 0 Å². The first-order chi connectivity index (χ1) is 8.20. The Labute approximate surface area is 101 Å². The number of methoxy groups -OCH3 is 1. The molecule has 0 aliphatic heterocycles. The van der Waals surface area contributed by atoms with Crippen molar-refractivity contribution >= 4 is 17.3 Å². The summed E-state index contributed by atoms with van der Waals surface area (Å²) >= 11 is 1.43. The molecule has 0 fully saturated rings. The Balaban J connectivity index is 2.15. The molecule has 2 aromatic rings. The Bertz CT molecular complexity index is 520. The number of carbonyl (C=O) groups is 1. The number of ether oxygens (including phenoxy) is 1. The third-order valence-electron chi connectivity index (χ3n) is 2.06. The summed E-state index contributed by atoms with van der Waals surface area (Å²) < 4.78 is 10.5. The Hall–Kier alpha value is -1.89. The Morgan fingerprint density at radius 1 is 1.59 bits per heavy atom. The molecule has 0 spiro atoms. The van der Waals surface area contributed by atoms with Crippen LogP contribution in [0.25, 0.3) is 10.8 Å². The van der Waals surface area contributed by atoms with Gasteiger partial charge in [0.15, 0.2) is 0 Å². The second-order valence-corrected chi connectivity index (χ2v) is 4.13. The number of thiophene rings is 1. The predicted octanol–water partition coefficient (Wildman–Crippen LogP) is 1.82. The van der Waals surface area contributed by atoms with Gasteiger partial charge < -0.3 is 14.3 Å². The lowest BCUT2D eigenvalue weighted by Crippen LogP contribution is -1.97. The van der Waals surface area contributed by atoms with Crippen molar-refractivity contribution in [2.75, 3.05) is 7.11 Å². The van der Waals surface area contributed by atoms with Crippen LogP contribution in [0.1, 0.15) is 12.3 Å². The lowest BCUT2D eigenvalue weighted by molar-refractivity contribution is -0.137. The van der Waals surface area contributed by atoms with E-state index in [2.05, 4.69) is 10.2 Å². The van der Waals surface area contributed by atoms with Crippen LogP contribution in [0.15, 0.2) is 15.9 Å². The average molecular weight is 254 g/mol. The number of rotatable bonds is 5. The summed E-state index contributed by atoms with van der Waals surface area (Å²) in [6, 6.07) is 1.81. The van der Waals surface area contributed by atoms with Gasteiger partial charge in [0.25, 0.3) is 5.89 Å². The van der Waals surface area contributed by atoms with Crippen LogP contribution in [0.4, 0.5) is 0 Å². The van der Waals surface area contributed by atoms with Crippen molar-refractivity contribution in [1.82, 2.24) is 10.2 Å². The number of hydrogen-bond donors (Lipinski definition) is 1. The molecule has 0 aromatic carbocycles. The van der Waals surface area contributed by atoms with Gasteiger partial charge in [-0.25, -0.2) is 0 Å². The van der Waals surface area contributed by atoms with E-state index in [0.29, 0.717) is 17.5 Å². The van der Waals surface area contributed by atoms with Crippen molar-refractivity contribution in [1.29, 1.82) is 0 Å². The lowest BCUT2D eigenvalue weighted by atomic mass is 10.3. The van der Waals surface area contributed by atoms with Crippen LogP contribution < -0.4 is 4.74 Å². The minimum absolute atomic E-state index is 0.0246. The largest absolute Gasteiger partial charge is 0.495 e. The highest BCUT2D eigenvalue weighted by Crippen LogP contribution is 2.34. The maximum atomic E-state index is 10.4. The average Bonchev–Trinajstić information content (AvgIpc) is 2.94. The number of nitrogens with zero attached hydrogens (tertiary/aromatic N) is 2. The third kappa shape index (κ3) is 2.62. The van der Waals surface area contributed by atoms with E-state index in [1.807, 2.05) is 5.38 Å². The summed E-state index contributed by atoms with van der Waals surface area (Å²) in [6.07, 6.45) is 0.208. The molecule has 0 unspecified atom stereocenters. The van der Waals surface area contributed by atoms with Crippen LogP contribution in [-0.2, 0) is 11.2 Å². The highest BCUT2D eigenvalue weighted by molar-refractivity contribution is 7.13. The highest BCUT2D eigenvalue weighted by Gasteiger charge is 2.15. The van der Waals surface area contributed by atoms with Gasteiger partial charge in [-0.1, -0.05) is 0 Å². The van der Waals surface area contributed by atoms with Gasteiger partial charge >= 0.3 is 5.97 Å². The van der Waals surface area contributed by atoms with E-state index in [9.17, 15) is 4.79 Å². The van der Waals surface area contributed by atoms with E-state index < -0.39 is 5.97 Å². The fraction of sp³-hybridized carbons (Fsp3) is 0.300. The zero-order chi connectivity index (χ0) is 12.3. The number of carboxylic acid groups (broad SMARTS) is 1. The molecule has 0 bridgehead atoms. The van der Waals surface area contributed by atoms with Crippen LogP contribution in [-0.4, -0.2) is 28.4 Å². The van der Waals surface area contributed by atoms with Gasteiger partial charge in [0.05, 0.1) is 13.5 Å². The molecule has 0 aliphatic carbocycles. The fourth-order valence-corrected chi connectivity index (χ4v) is 2.05. The number of aliphatic carboxylic acids is 1. The molecule has 2 heterocycles. The van der Waals surface area contributed by atoms with Crippen molar-refractivity contribution in [2.45, 2.75) is 12.8 Å². The number of hydrogen-bond acceptors (Lipinski definition) is 6. The summed E-state index contributed by atoms with van der Waals surface area (Å²) in [5, 5.41) is 18.1. The normalized spacial score (nSPS) is 10.4. The second kappa shape index (κ2) is 4.96. The molecule has 0 aliphatic rings. The summed E-state index contributed by atoms with van der Waals surface area (Å²) in [5.74, 6) is 0.456. The van der Waals surface area contributed by atoms with E-state index in [0.717, 1.165) is 4.88 Å². The van der Waals surface area contributed by atoms with Crippen LogP contribution in [0.5, 0.6) is 5.75 Å². The molecule has 6 nitrogen and oxygen atoms in total. The minimum Gasteiger partial charge on any atom is -0.495 e. The maximum absolute atomic E-state index is 10.4. The van der Waals surface area contributed by atoms with Crippen molar-refractivity contribution < 1.29 is 19.1 Å². The van der Waals surface area contributed by atoms with Crippen LogP contribution in [0.2, 0.25) is 0 Å². The monoisotopic (exact) mass is 254 g/mol. The molecular formula is C10H10N2O4S. The molecule has 7 heteroatoms. The van der Waals surface area contributed by atoms with Crippen molar-refractivity contribution in [2.24, 2.45) is 0 Å². The lowest BCUT2D eigenvalue weighted by Gasteiger charge is -1.96. The molecule has 0 saturated carbocycles. The van der Waals surface area contributed by atoms with Gasteiger partial charge in [-0.05, 0) is 11.4 Å². The number of carboxylic acids is 1. The first-order valence-corrected chi connectivity index (χ1v) is 5.74. The summed E-state index contributed by atoms with van der Waals surface area (Å²) in [5.41, 5.74) is 0. The van der Waals surface area contributed by atoms with Gasteiger partial charge in [-0.2, -0.15) is 0 Å². The summed E-state index contributed by atoms with van der Waals surface area (Å²) in [4.78, 5) is 11.2. The first-order valence-electron chi connectivity index (χ1n) is 4.86. The van der Waals surface area contributed by atoms with Crippen molar-refractivity contribution in [3.63, 3.8) is 0 Å². The Morgan fingerprint density at radius 3 is 3.12 bits per heavy atom. The standard InChI is InChI=1S/C10H10N2O4S/c1-15-6-4-5-17-9(6)10-12-11-7(16-10)2-3-8(13)14/h4-5H,2-3H2,1H3,(H,13,14). The zero-order valence-electron chi connectivity index (χ0n) is 9.04. The summed E-state index contributed by atoms with van der Waals surface area (Å²) in [7, 11) is 1.56. The fourth-order valence-electron chi connectivity index (χ4n) is 1.27. The quantitative estimate of drug-likeness (QED) is 0.876. The number of aromatic nitrogens is 2. The van der Waals surface area contributed by atoms with Gasteiger partial charge in [0.2, 0.25) is 5.89 Å². The second-order valence-electron chi connectivity index (χ2n) is 3.21. The minimum atomic E-state index is -0.890. The third-order valence-corrected chi connectivity index (χ3v) is 2.95. The molecule has 2 aromatic heterocycles. The predicted molar refractivity (Wildman–Crippen MR) is 60.1 cm³/mol. The molecule has 0 atom stereocenters. The van der Waals surface area contributed by atoms with Crippen LogP contribution in [0.3, 0.4) is 0 Å². The maximum Gasteiger partial charge on any atom is 0.303 e. The molecule has 2 rings (SSSR count). The molecule has 1 N–H and O–H groups in total. The van der Waals surface area contributed by atoms with Gasteiger partial charge in [0, 0.05) is 6.42 Å². The Kier molecular flexibility index (Phi) is 3.38. The molecule has 90 valence electrons. The molecular weight excluding hydrogens is 244 g/mol. The smallest absolute Gasteiger partial charge is 0.303 e. The molecule has 0 saturated heterocycles. The Morgan fingerprint density at radius 2 is 2.41 bits per heavy atom. The van der Waals surface area contributed by atoms with Crippen LogP contribution >= 0.6 is 11.3 Å². The number of aryl methyl sites for hydroxylation is 1.